The van der Waals surface area contributed by atoms with Crippen LogP contribution in [0.15, 0.2) is 18.2 Å². The van der Waals surface area contributed by atoms with E-state index in [0.717, 1.165) is 44.6 Å². The molecule has 0 aromatic heterocycles. The minimum Gasteiger partial charge on any atom is -0.314 e. The predicted molar refractivity (Wildman–Crippen MR) is 82.7 cm³/mol. The molecule has 20 heavy (non-hydrogen) atoms. The zero-order chi connectivity index (χ0) is 14.4. The number of hydrogen-bond donors (Lipinski definition) is 1. The predicted octanol–water partition coefficient (Wildman–Crippen LogP) is 4.01. The maximum atomic E-state index is 14.2. The van der Waals surface area contributed by atoms with Gasteiger partial charge in [0.05, 0.1) is 0 Å². The van der Waals surface area contributed by atoms with Gasteiger partial charge in [-0.2, -0.15) is 0 Å². The molecule has 0 radical (unpaired) electrons. The number of rotatable bonds is 6. The molecule has 1 aliphatic heterocycles. The van der Waals surface area contributed by atoms with Crippen molar-refractivity contribution in [3.8, 4) is 0 Å². The third-order valence-electron chi connectivity index (χ3n) is 3.99. The molecule has 2 nitrogen and oxygen atoms in total. The Balaban J connectivity index is 2.15. The molecule has 0 amide bonds. The third-order valence-corrected chi connectivity index (χ3v) is 4.23. The summed E-state index contributed by atoms with van der Waals surface area (Å²) >= 11 is 5.87. The van der Waals surface area contributed by atoms with Crippen LogP contribution in [-0.2, 0) is 0 Å². The van der Waals surface area contributed by atoms with Crippen LogP contribution in [0.25, 0.3) is 0 Å². The standard InChI is InChI=1S/C16H24ClFN2/c1-2-3-4-5-16(20-10-8-19-9-11-20)14-7-6-13(17)12-15(14)18/h6-7,12,16,19H,2-5,8-11H2,1H3/t16-/m1/s1. The van der Waals surface area contributed by atoms with Gasteiger partial charge in [0.1, 0.15) is 5.82 Å². The molecular weight excluding hydrogens is 275 g/mol. The molecule has 0 aliphatic carbocycles. The second-order valence-electron chi connectivity index (χ2n) is 5.46. The van der Waals surface area contributed by atoms with Gasteiger partial charge < -0.3 is 5.32 Å². The first kappa shape index (κ1) is 15.7. The van der Waals surface area contributed by atoms with E-state index in [9.17, 15) is 4.39 Å². The fourth-order valence-electron chi connectivity index (χ4n) is 2.89. The molecule has 1 fully saturated rings. The number of nitrogens with zero attached hydrogens (tertiary/aromatic N) is 1. The molecule has 4 heteroatoms. The quantitative estimate of drug-likeness (QED) is 0.799. The second-order valence-corrected chi connectivity index (χ2v) is 5.90. The summed E-state index contributed by atoms with van der Waals surface area (Å²) in [5.74, 6) is -0.169. The molecule has 0 saturated carbocycles. The van der Waals surface area contributed by atoms with Gasteiger partial charge in [0, 0.05) is 42.8 Å². The maximum Gasteiger partial charge on any atom is 0.129 e. The van der Waals surface area contributed by atoms with Crippen LogP contribution in [0.3, 0.4) is 0 Å². The zero-order valence-corrected chi connectivity index (χ0v) is 12.9. The van der Waals surface area contributed by atoms with Gasteiger partial charge in [-0.05, 0) is 18.6 Å². The van der Waals surface area contributed by atoms with E-state index in [1.807, 2.05) is 6.07 Å². The zero-order valence-electron chi connectivity index (χ0n) is 12.2. The molecular formula is C16H24ClFN2. The van der Waals surface area contributed by atoms with E-state index >= 15 is 0 Å². The van der Waals surface area contributed by atoms with Gasteiger partial charge in [0.25, 0.3) is 0 Å². The van der Waals surface area contributed by atoms with Crippen molar-refractivity contribution in [2.75, 3.05) is 26.2 Å². The summed E-state index contributed by atoms with van der Waals surface area (Å²) in [6.07, 6.45) is 4.56. The molecule has 1 N–H and O–H groups in total. The van der Waals surface area contributed by atoms with Crippen molar-refractivity contribution in [1.29, 1.82) is 0 Å². The monoisotopic (exact) mass is 298 g/mol. The van der Waals surface area contributed by atoms with Crippen LogP contribution in [0, 0.1) is 5.82 Å². The number of benzene rings is 1. The van der Waals surface area contributed by atoms with Crippen LogP contribution in [0.2, 0.25) is 5.02 Å². The Kier molecular flexibility index (Phi) is 6.27. The molecule has 0 unspecified atom stereocenters. The molecule has 1 atom stereocenters. The lowest BCUT2D eigenvalue weighted by molar-refractivity contribution is 0.159. The molecule has 0 spiro atoms. The fraction of sp³-hybridized carbons (Fsp3) is 0.625. The third kappa shape index (κ3) is 4.18. The van der Waals surface area contributed by atoms with Crippen molar-refractivity contribution in [3.05, 3.63) is 34.6 Å². The highest BCUT2D eigenvalue weighted by molar-refractivity contribution is 6.30. The van der Waals surface area contributed by atoms with E-state index in [1.165, 1.54) is 18.9 Å². The summed E-state index contributed by atoms with van der Waals surface area (Å²) in [5, 5.41) is 3.83. The fourth-order valence-corrected chi connectivity index (χ4v) is 3.05. The first-order chi connectivity index (χ1) is 9.72. The smallest absolute Gasteiger partial charge is 0.129 e. The Hall–Kier alpha value is -0.640. The maximum absolute atomic E-state index is 14.2. The summed E-state index contributed by atoms with van der Waals surface area (Å²) in [6.45, 7) is 6.14. The summed E-state index contributed by atoms with van der Waals surface area (Å²) in [4.78, 5) is 2.40. The topological polar surface area (TPSA) is 15.3 Å². The number of unbranched alkanes of at least 4 members (excludes halogenated alkanes) is 2. The second kappa shape index (κ2) is 7.96. The summed E-state index contributed by atoms with van der Waals surface area (Å²) in [6, 6.07) is 5.28. The van der Waals surface area contributed by atoms with Crippen LogP contribution in [-0.4, -0.2) is 31.1 Å². The van der Waals surface area contributed by atoms with Crippen LogP contribution in [0.5, 0.6) is 0 Å². The minimum atomic E-state index is -0.169. The molecule has 1 saturated heterocycles. The number of piperazine rings is 1. The average Bonchev–Trinajstić information content (AvgIpc) is 2.46. The molecule has 0 bridgehead atoms. The first-order valence-corrected chi connectivity index (χ1v) is 8.00. The Labute approximate surface area is 126 Å². The van der Waals surface area contributed by atoms with Crippen molar-refractivity contribution in [2.45, 2.75) is 38.6 Å². The lowest BCUT2D eigenvalue weighted by Crippen LogP contribution is -2.45. The Morgan fingerprint density at radius 1 is 1.30 bits per heavy atom. The number of nitrogens with one attached hydrogen (secondary N) is 1. The Bertz CT molecular complexity index is 419. The lowest BCUT2D eigenvalue weighted by Gasteiger charge is -2.35. The van der Waals surface area contributed by atoms with Gasteiger partial charge in [-0.25, -0.2) is 4.39 Å². The SMILES string of the molecule is CCCCC[C@H](c1ccc(Cl)cc1F)N1CCNCC1. The highest BCUT2D eigenvalue weighted by atomic mass is 35.5. The number of halogens is 2. The highest BCUT2D eigenvalue weighted by Gasteiger charge is 2.24. The normalized spacial score (nSPS) is 18.1. The Morgan fingerprint density at radius 2 is 2.05 bits per heavy atom. The summed E-state index contributed by atoms with van der Waals surface area (Å²) < 4.78 is 14.2. The van der Waals surface area contributed by atoms with Crippen molar-refractivity contribution in [3.63, 3.8) is 0 Å². The summed E-state index contributed by atoms with van der Waals surface area (Å²) in [5.41, 5.74) is 0.799. The van der Waals surface area contributed by atoms with Crippen molar-refractivity contribution in [2.24, 2.45) is 0 Å². The molecule has 112 valence electrons. The largest absolute Gasteiger partial charge is 0.314 e. The first-order valence-electron chi connectivity index (χ1n) is 7.62. The van der Waals surface area contributed by atoms with E-state index in [1.54, 1.807) is 6.07 Å². The highest BCUT2D eigenvalue weighted by Crippen LogP contribution is 2.30. The van der Waals surface area contributed by atoms with Gasteiger partial charge in [0.15, 0.2) is 0 Å². The molecule has 2 rings (SSSR count). The molecule has 1 heterocycles. The van der Waals surface area contributed by atoms with Crippen LogP contribution >= 0.6 is 11.6 Å². The van der Waals surface area contributed by atoms with E-state index in [2.05, 4.69) is 17.1 Å². The van der Waals surface area contributed by atoms with Crippen LogP contribution in [0.1, 0.15) is 44.2 Å². The van der Waals surface area contributed by atoms with E-state index < -0.39 is 0 Å². The lowest BCUT2D eigenvalue weighted by atomic mass is 9.97. The van der Waals surface area contributed by atoms with E-state index in [4.69, 9.17) is 11.6 Å². The molecule has 1 aromatic carbocycles. The van der Waals surface area contributed by atoms with Crippen molar-refractivity contribution in [1.82, 2.24) is 10.2 Å². The van der Waals surface area contributed by atoms with Crippen LogP contribution < -0.4 is 5.32 Å². The minimum absolute atomic E-state index is 0.169. The van der Waals surface area contributed by atoms with Crippen molar-refractivity contribution >= 4 is 11.6 Å². The van der Waals surface area contributed by atoms with Gasteiger partial charge in [-0.15, -0.1) is 0 Å². The van der Waals surface area contributed by atoms with Gasteiger partial charge >= 0.3 is 0 Å². The van der Waals surface area contributed by atoms with Crippen molar-refractivity contribution < 1.29 is 4.39 Å². The van der Waals surface area contributed by atoms with Gasteiger partial charge in [0.2, 0.25) is 0 Å². The number of hydrogen-bond acceptors (Lipinski definition) is 2. The summed E-state index contributed by atoms with van der Waals surface area (Å²) in [7, 11) is 0. The van der Waals surface area contributed by atoms with E-state index in [0.29, 0.717) is 5.02 Å². The van der Waals surface area contributed by atoms with Gasteiger partial charge in [-0.3, -0.25) is 4.90 Å². The van der Waals surface area contributed by atoms with Crippen LogP contribution in [0.4, 0.5) is 4.39 Å². The Morgan fingerprint density at radius 3 is 2.70 bits per heavy atom. The van der Waals surface area contributed by atoms with E-state index in [-0.39, 0.29) is 11.9 Å². The van der Waals surface area contributed by atoms with Gasteiger partial charge in [-0.1, -0.05) is 43.9 Å². The molecule has 1 aliphatic rings. The molecule has 1 aromatic rings. The average molecular weight is 299 g/mol.